The topological polar surface area (TPSA) is 50.2 Å². The van der Waals surface area contributed by atoms with E-state index in [1.807, 2.05) is 24.3 Å². The summed E-state index contributed by atoms with van der Waals surface area (Å²) in [7, 11) is 0. The number of nitrogens with zero attached hydrogens (tertiary/aromatic N) is 1. The minimum Gasteiger partial charge on any atom is -0.478 e. The molecular formula is C19H23NO2. The number of aromatic carboxylic acids is 1. The summed E-state index contributed by atoms with van der Waals surface area (Å²) in [4.78, 5) is 16.6. The monoisotopic (exact) mass is 297 g/mol. The molecule has 1 aromatic carbocycles. The summed E-state index contributed by atoms with van der Waals surface area (Å²) in [5, 5.41) is 10.5. The van der Waals surface area contributed by atoms with Crippen molar-refractivity contribution in [3.63, 3.8) is 0 Å². The molecule has 3 heteroatoms. The molecule has 1 aromatic heterocycles. The van der Waals surface area contributed by atoms with Crippen LogP contribution < -0.4 is 0 Å². The van der Waals surface area contributed by atoms with Crippen LogP contribution in [0.25, 0.3) is 10.9 Å². The van der Waals surface area contributed by atoms with E-state index >= 15 is 0 Å². The van der Waals surface area contributed by atoms with Gasteiger partial charge >= 0.3 is 5.97 Å². The number of aryl methyl sites for hydroxylation is 1. The highest BCUT2D eigenvalue weighted by atomic mass is 16.4. The van der Waals surface area contributed by atoms with Crippen molar-refractivity contribution >= 4 is 16.9 Å². The first kappa shape index (κ1) is 15.0. The number of fused-ring (bicyclic) bond motifs is 2. The molecule has 0 amide bonds. The van der Waals surface area contributed by atoms with Gasteiger partial charge in [0.25, 0.3) is 0 Å². The lowest BCUT2D eigenvalue weighted by molar-refractivity contribution is 0.0695. The van der Waals surface area contributed by atoms with E-state index in [1.165, 1.54) is 0 Å². The van der Waals surface area contributed by atoms with Crippen LogP contribution >= 0.6 is 0 Å². The van der Waals surface area contributed by atoms with Crippen LogP contribution in [-0.4, -0.2) is 16.1 Å². The molecule has 116 valence electrons. The average Bonchev–Trinajstić information content (AvgIpc) is 2.51. The van der Waals surface area contributed by atoms with Gasteiger partial charge in [-0.2, -0.15) is 0 Å². The molecule has 0 unspecified atom stereocenters. The molecular weight excluding hydrogens is 274 g/mol. The van der Waals surface area contributed by atoms with Crippen LogP contribution in [0.15, 0.2) is 24.3 Å². The van der Waals surface area contributed by atoms with Gasteiger partial charge in [0.15, 0.2) is 0 Å². The fourth-order valence-corrected chi connectivity index (χ4v) is 3.59. The molecule has 3 rings (SSSR count). The number of carboxylic acid groups (broad SMARTS) is 1. The third-order valence-corrected chi connectivity index (χ3v) is 5.49. The normalized spacial score (nSPS) is 18.2. The average molecular weight is 297 g/mol. The molecule has 1 aliphatic carbocycles. The van der Waals surface area contributed by atoms with Crippen LogP contribution in [0.4, 0.5) is 0 Å². The van der Waals surface area contributed by atoms with Crippen LogP contribution in [0.3, 0.4) is 0 Å². The van der Waals surface area contributed by atoms with Gasteiger partial charge in [0.2, 0.25) is 0 Å². The molecule has 0 saturated carbocycles. The smallest absolute Gasteiger partial charge is 0.336 e. The van der Waals surface area contributed by atoms with E-state index in [-0.39, 0.29) is 5.41 Å². The molecule has 0 radical (unpaired) electrons. The Bertz CT molecular complexity index is 734. The van der Waals surface area contributed by atoms with Crippen molar-refractivity contribution in [3.05, 3.63) is 41.1 Å². The van der Waals surface area contributed by atoms with Crippen LogP contribution in [0, 0.1) is 11.3 Å². The van der Waals surface area contributed by atoms with Crippen LogP contribution in [0.2, 0.25) is 0 Å². The van der Waals surface area contributed by atoms with Crippen LogP contribution in [0.1, 0.15) is 55.2 Å². The standard InChI is InChI=1S/C19H23NO2/c1-4-19(2,3)12-9-10-16-14(11-12)17(18(21)22)13-7-5-6-8-15(13)20-16/h5-8,12H,4,9-11H2,1-3H3,(H,21,22)/t12-/m1/s1. The maximum atomic E-state index is 11.9. The van der Waals surface area contributed by atoms with Crippen molar-refractivity contribution < 1.29 is 9.90 Å². The second-order valence-electron chi connectivity index (χ2n) is 7.02. The van der Waals surface area contributed by atoms with Gasteiger partial charge in [-0.15, -0.1) is 0 Å². The van der Waals surface area contributed by atoms with E-state index in [2.05, 4.69) is 20.8 Å². The Morgan fingerprint density at radius 2 is 2.09 bits per heavy atom. The SMILES string of the molecule is CCC(C)(C)[C@@H]1CCc2nc3ccccc3c(C(=O)O)c2C1. The summed E-state index contributed by atoms with van der Waals surface area (Å²) in [5.41, 5.74) is 3.45. The van der Waals surface area contributed by atoms with Gasteiger partial charge in [-0.3, -0.25) is 4.98 Å². The van der Waals surface area contributed by atoms with Crippen molar-refractivity contribution in [1.29, 1.82) is 0 Å². The number of hydrogen-bond donors (Lipinski definition) is 1. The van der Waals surface area contributed by atoms with Crippen LogP contribution in [0.5, 0.6) is 0 Å². The highest BCUT2D eigenvalue weighted by Crippen LogP contribution is 2.41. The lowest BCUT2D eigenvalue weighted by Gasteiger charge is -2.37. The summed E-state index contributed by atoms with van der Waals surface area (Å²) in [6.07, 6.45) is 3.92. The van der Waals surface area contributed by atoms with Gasteiger partial charge in [0.1, 0.15) is 0 Å². The van der Waals surface area contributed by atoms with E-state index in [4.69, 9.17) is 4.98 Å². The van der Waals surface area contributed by atoms with E-state index in [0.29, 0.717) is 11.5 Å². The Hall–Kier alpha value is -1.90. The molecule has 1 N–H and O–H groups in total. The highest BCUT2D eigenvalue weighted by Gasteiger charge is 2.34. The van der Waals surface area contributed by atoms with Crippen molar-refractivity contribution in [1.82, 2.24) is 4.98 Å². The van der Waals surface area contributed by atoms with Crippen LogP contribution in [-0.2, 0) is 12.8 Å². The van der Waals surface area contributed by atoms with Crippen molar-refractivity contribution in [2.75, 3.05) is 0 Å². The van der Waals surface area contributed by atoms with Crippen molar-refractivity contribution in [2.45, 2.75) is 46.5 Å². The van der Waals surface area contributed by atoms with Gasteiger partial charge in [-0.1, -0.05) is 45.4 Å². The predicted molar refractivity (Wildman–Crippen MR) is 88.3 cm³/mol. The fraction of sp³-hybridized carbons (Fsp3) is 0.474. The second kappa shape index (κ2) is 5.38. The summed E-state index contributed by atoms with van der Waals surface area (Å²) >= 11 is 0. The maximum absolute atomic E-state index is 11.9. The quantitative estimate of drug-likeness (QED) is 0.909. The van der Waals surface area contributed by atoms with Gasteiger partial charge in [-0.25, -0.2) is 4.79 Å². The Balaban J connectivity index is 2.17. The molecule has 1 aliphatic rings. The summed E-state index contributed by atoms with van der Waals surface area (Å²) in [6, 6.07) is 7.59. The lowest BCUT2D eigenvalue weighted by atomic mass is 9.68. The molecule has 0 bridgehead atoms. The summed E-state index contributed by atoms with van der Waals surface area (Å²) in [6.45, 7) is 6.79. The summed E-state index contributed by atoms with van der Waals surface area (Å²) in [5.74, 6) is -0.309. The molecule has 0 spiro atoms. The first-order valence-electron chi connectivity index (χ1n) is 8.08. The number of pyridine rings is 1. The largest absolute Gasteiger partial charge is 0.478 e. The Labute approximate surface area is 131 Å². The number of carbonyl (C=O) groups is 1. The van der Waals surface area contributed by atoms with Gasteiger partial charge < -0.3 is 5.11 Å². The lowest BCUT2D eigenvalue weighted by Crippen LogP contribution is -2.30. The number of carboxylic acids is 1. The number of benzene rings is 1. The molecule has 22 heavy (non-hydrogen) atoms. The number of hydrogen-bond acceptors (Lipinski definition) is 2. The minimum absolute atomic E-state index is 0.235. The maximum Gasteiger partial charge on any atom is 0.336 e. The molecule has 1 atom stereocenters. The van der Waals surface area contributed by atoms with E-state index in [9.17, 15) is 9.90 Å². The second-order valence-corrected chi connectivity index (χ2v) is 7.02. The van der Waals surface area contributed by atoms with Gasteiger partial charge in [-0.05, 0) is 42.2 Å². The third-order valence-electron chi connectivity index (χ3n) is 5.49. The molecule has 0 saturated heterocycles. The Morgan fingerprint density at radius 3 is 2.77 bits per heavy atom. The Morgan fingerprint density at radius 1 is 1.36 bits per heavy atom. The zero-order chi connectivity index (χ0) is 15.9. The first-order valence-corrected chi connectivity index (χ1v) is 8.08. The zero-order valence-electron chi connectivity index (χ0n) is 13.5. The highest BCUT2D eigenvalue weighted by molar-refractivity contribution is 6.04. The van der Waals surface area contributed by atoms with Crippen molar-refractivity contribution in [2.24, 2.45) is 11.3 Å². The summed E-state index contributed by atoms with van der Waals surface area (Å²) < 4.78 is 0. The Kier molecular flexibility index (Phi) is 3.67. The molecule has 1 heterocycles. The van der Waals surface area contributed by atoms with E-state index < -0.39 is 5.97 Å². The molecule has 3 nitrogen and oxygen atoms in total. The fourth-order valence-electron chi connectivity index (χ4n) is 3.59. The van der Waals surface area contributed by atoms with Crippen molar-refractivity contribution in [3.8, 4) is 0 Å². The van der Waals surface area contributed by atoms with Gasteiger partial charge in [0.05, 0.1) is 11.1 Å². The van der Waals surface area contributed by atoms with Gasteiger partial charge in [0, 0.05) is 11.1 Å². The number of para-hydroxylation sites is 1. The number of rotatable bonds is 3. The molecule has 0 aliphatic heterocycles. The minimum atomic E-state index is -0.829. The zero-order valence-corrected chi connectivity index (χ0v) is 13.5. The van der Waals surface area contributed by atoms with E-state index in [1.54, 1.807) is 0 Å². The number of aromatic nitrogens is 1. The molecule has 0 fully saturated rings. The van der Waals surface area contributed by atoms with E-state index in [0.717, 1.165) is 47.8 Å². The first-order chi connectivity index (χ1) is 10.4. The molecule has 2 aromatic rings. The third kappa shape index (κ3) is 2.39. The predicted octanol–water partition coefficient (Wildman–Crippen LogP) is 4.47.